The first-order valence-electron chi connectivity index (χ1n) is 9.35. The van der Waals surface area contributed by atoms with Gasteiger partial charge in [0, 0.05) is 29.0 Å². The molecule has 0 fully saturated rings. The number of aryl methyl sites for hydroxylation is 2. The van der Waals surface area contributed by atoms with Crippen LogP contribution < -0.4 is 9.64 Å². The van der Waals surface area contributed by atoms with Crippen LogP contribution in [0.4, 0.5) is 16.0 Å². The molecular weight excluding hydrogens is 355 g/mol. The second kappa shape index (κ2) is 6.96. The second-order valence-corrected chi connectivity index (χ2v) is 6.82. The molecule has 4 aromatic rings. The summed E-state index contributed by atoms with van der Waals surface area (Å²) in [4.78, 5) is 14.5. The molecule has 6 heteroatoms. The van der Waals surface area contributed by atoms with Crippen LogP contribution in [0.2, 0.25) is 0 Å². The molecule has 0 atom stereocenters. The van der Waals surface area contributed by atoms with Crippen LogP contribution in [0, 0.1) is 5.82 Å². The molecule has 0 saturated carbocycles. The average molecular weight is 374 g/mol. The number of benzene rings is 2. The predicted octanol–water partition coefficient (Wildman–Crippen LogP) is 4.41. The maximum absolute atomic E-state index is 13.6. The first-order valence-corrected chi connectivity index (χ1v) is 9.35. The highest BCUT2D eigenvalue weighted by Gasteiger charge is 2.21. The number of nitrogens with zero attached hydrogens (tertiary/aromatic N) is 3. The van der Waals surface area contributed by atoms with E-state index in [1.807, 2.05) is 36.5 Å². The Kier molecular flexibility index (Phi) is 4.16. The van der Waals surface area contributed by atoms with Crippen molar-refractivity contribution in [1.82, 2.24) is 15.0 Å². The van der Waals surface area contributed by atoms with Crippen LogP contribution in [-0.4, -0.2) is 28.1 Å². The number of hydrogen-bond acceptors (Lipinski definition) is 4. The minimum Gasteiger partial charge on any atom is -0.490 e. The summed E-state index contributed by atoms with van der Waals surface area (Å²) in [5.41, 5.74) is 3.98. The third kappa shape index (κ3) is 3.07. The molecule has 5 nitrogen and oxygen atoms in total. The van der Waals surface area contributed by atoms with Gasteiger partial charge in [-0.25, -0.2) is 14.4 Å². The van der Waals surface area contributed by atoms with Crippen LogP contribution in [0.25, 0.3) is 10.9 Å². The van der Waals surface area contributed by atoms with E-state index < -0.39 is 0 Å². The highest BCUT2D eigenvalue weighted by Crippen LogP contribution is 2.34. The predicted molar refractivity (Wildman–Crippen MR) is 107 cm³/mol. The lowest BCUT2D eigenvalue weighted by Gasteiger charge is -2.29. The van der Waals surface area contributed by atoms with E-state index in [2.05, 4.69) is 14.9 Å². The molecule has 0 saturated heterocycles. The van der Waals surface area contributed by atoms with Crippen molar-refractivity contribution in [2.75, 3.05) is 18.1 Å². The van der Waals surface area contributed by atoms with E-state index in [9.17, 15) is 4.39 Å². The minimum atomic E-state index is -0.219. The molecule has 2 aromatic heterocycles. The first kappa shape index (κ1) is 16.7. The van der Waals surface area contributed by atoms with Gasteiger partial charge in [0.2, 0.25) is 5.95 Å². The molecule has 1 N–H and O–H groups in total. The van der Waals surface area contributed by atoms with Crippen molar-refractivity contribution in [3.05, 3.63) is 78.0 Å². The molecule has 3 heterocycles. The highest BCUT2D eigenvalue weighted by atomic mass is 19.1. The molecule has 1 aliphatic rings. The van der Waals surface area contributed by atoms with E-state index in [4.69, 9.17) is 9.72 Å². The number of fused-ring (bicyclic) bond motifs is 2. The van der Waals surface area contributed by atoms with Crippen LogP contribution in [0.15, 0.2) is 60.9 Å². The number of halogens is 1. The summed E-state index contributed by atoms with van der Waals surface area (Å²) in [6.45, 7) is 1.31. The number of anilines is 2. The third-order valence-electron chi connectivity index (χ3n) is 5.05. The molecular formula is C22H19FN4O. The van der Waals surface area contributed by atoms with E-state index in [-0.39, 0.29) is 5.82 Å². The van der Waals surface area contributed by atoms with Crippen molar-refractivity contribution in [3.63, 3.8) is 0 Å². The summed E-state index contributed by atoms with van der Waals surface area (Å²) in [7, 11) is 0. The van der Waals surface area contributed by atoms with Crippen molar-refractivity contribution in [3.8, 4) is 5.75 Å². The van der Waals surface area contributed by atoms with Gasteiger partial charge in [-0.2, -0.15) is 0 Å². The van der Waals surface area contributed by atoms with Crippen molar-refractivity contribution < 1.29 is 9.13 Å². The molecule has 0 amide bonds. The number of para-hydroxylation sites is 2. The maximum Gasteiger partial charge on any atom is 0.230 e. The van der Waals surface area contributed by atoms with Gasteiger partial charge in [0.05, 0.1) is 12.2 Å². The normalized spacial score (nSPS) is 13.4. The molecule has 140 valence electrons. The fraction of sp³-hybridized carbons (Fsp3) is 0.182. The average Bonchev–Trinajstić information content (AvgIpc) is 3.14. The van der Waals surface area contributed by atoms with E-state index in [1.165, 1.54) is 6.07 Å². The Morgan fingerprint density at radius 2 is 2.04 bits per heavy atom. The standard InChI is InChI=1S/C22H19FN4O/c23-16-6-8-19-18(13-16)15(14-25-19)5-7-17-9-10-24-22(26-17)27-11-12-28-21-4-2-1-3-20(21)27/h1-4,6,8-10,13-14,25H,5,7,11-12H2. The van der Waals surface area contributed by atoms with Gasteiger partial charge >= 0.3 is 0 Å². The largest absolute Gasteiger partial charge is 0.490 e. The monoisotopic (exact) mass is 374 g/mol. The lowest BCUT2D eigenvalue weighted by molar-refractivity contribution is 0.313. The Bertz CT molecular complexity index is 1140. The van der Waals surface area contributed by atoms with Crippen LogP contribution in [0.1, 0.15) is 11.3 Å². The van der Waals surface area contributed by atoms with Gasteiger partial charge in [-0.3, -0.25) is 0 Å². The van der Waals surface area contributed by atoms with Crippen LogP contribution in [0.5, 0.6) is 5.75 Å². The summed E-state index contributed by atoms with van der Waals surface area (Å²) in [5.74, 6) is 1.31. The topological polar surface area (TPSA) is 54.0 Å². The molecule has 5 rings (SSSR count). The fourth-order valence-corrected chi connectivity index (χ4v) is 3.65. The number of aromatic amines is 1. The van der Waals surface area contributed by atoms with Gasteiger partial charge in [0.1, 0.15) is 18.2 Å². The summed E-state index contributed by atoms with van der Waals surface area (Å²) in [6.07, 6.45) is 5.28. The highest BCUT2D eigenvalue weighted by molar-refractivity contribution is 5.83. The zero-order valence-corrected chi connectivity index (χ0v) is 15.2. The van der Waals surface area contributed by atoms with Crippen molar-refractivity contribution in [1.29, 1.82) is 0 Å². The van der Waals surface area contributed by atoms with E-state index in [0.29, 0.717) is 19.1 Å². The van der Waals surface area contributed by atoms with E-state index in [1.54, 1.807) is 18.3 Å². The first-order chi connectivity index (χ1) is 13.8. The van der Waals surface area contributed by atoms with E-state index in [0.717, 1.165) is 46.4 Å². The van der Waals surface area contributed by atoms with Crippen molar-refractivity contribution >= 4 is 22.5 Å². The van der Waals surface area contributed by atoms with E-state index >= 15 is 0 Å². The van der Waals surface area contributed by atoms with Gasteiger partial charge in [0.15, 0.2) is 0 Å². The van der Waals surface area contributed by atoms with Crippen molar-refractivity contribution in [2.24, 2.45) is 0 Å². The number of hydrogen-bond donors (Lipinski definition) is 1. The number of H-pyrrole nitrogens is 1. The van der Waals surface area contributed by atoms with Crippen LogP contribution >= 0.6 is 0 Å². The molecule has 0 spiro atoms. The zero-order chi connectivity index (χ0) is 18.9. The Labute approximate surface area is 161 Å². The molecule has 0 aliphatic carbocycles. The van der Waals surface area contributed by atoms with Gasteiger partial charge < -0.3 is 14.6 Å². The Morgan fingerprint density at radius 3 is 3.00 bits per heavy atom. The molecule has 0 unspecified atom stereocenters. The van der Waals surface area contributed by atoms with Gasteiger partial charge in [-0.05, 0) is 54.8 Å². The van der Waals surface area contributed by atoms with Crippen molar-refractivity contribution in [2.45, 2.75) is 12.8 Å². The summed E-state index contributed by atoms with van der Waals surface area (Å²) in [5, 5.41) is 0.927. The SMILES string of the molecule is Fc1ccc2[nH]cc(CCc3ccnc(N4CCOc5ccccc54)n3)c2c1. The Morgan fingerprint density at radius 1 is 1.11 bits per heavy atom. The summed E-state index contributed by atoms with van der Waals surface area (Å²) in [6, 6.07) is 14.7. The molecule has 28 heavy (non-hydrogen) atoms. The minimum absolute atomic E-state index is 0.219. The second-order valence-electron chi connectivity index (χ2n) is 6.82. The third-order valence-corrected chi connectivity index (χ3v) is 5.05. The van der Waals surface area contributed by atoms with Crippen LogP contribution in [-0.2, 0) is 12.8 Å². The number of rotatable bonds is 4. The number of ether oxygens (including phenoxy) is 1. The molecule has 2 aromatic carbocycles. The quantitative estimate of drug-likeness (QED) is 0.575. The lowest BCUT2D eigenvalue weighted by atomic mass is 10.1. The van der Waals surface area contributed by atoms with Crippen LogP contribution in [0.3, 0.4) is 0 Å². The van der Waals surface area contributed by atoms with Gasteiger partial charge in [-0.15, -0.1) is 0 Å². The summed E-state index contributed by atoms with van der Waals surface area (Å²) >= 11 is 0. The maximum atomic E-state index is 13.6. The molecule has 0 bridgehead atoms. The van der Waals surface area contributed by atoms with Gasteiger partial charge in [0.25, 0.3) is 0 Å². The molecule has 0 radical (unpaired) electrons. The summed E-state index contributed by atoms with van der Waals surface area (Å²) < 4.78 is 19.3. The zero-order valence-electron chi connectivity index (χ0n) is 15.2. The number of nitrogens with one attached hydrogen (secondary N) is 1. The van der Waals surface area contributed by atoms with Gasteiger partial charge in [-0.1, -0.05) is 12.1 Å². The number of aromatic nitrogens is 3. The molecule has 1 aliphatic heterocycles. The Balaban J connectivity index is 1.39. The Hall–Kier alpha value is -3.41. The fourth-order valence-electron chi connectivity index (χ4n) is 3.65. The smallest absolute Gasteiger partial charge is 0.230 e. The lowest BCUT2D eigenvalue weighted by Crippen LogP contribution is -2.30.